The van der Waals surface area contributed by atoms with Crippen LogP contribution in [0.3, 0.4) is 0 Å². The molecule has 2 saturated carbocycles. The van der Waals surface area contributed by atoms with Crippen LogP contribution in [0.4, 0.5) is 0 Å². The number of aliphatic hydroxyl groups is 1. The van der Waals surface area contributed by atoms with E-state index in [1.807, 2.05) is 0 Å². The highest BCUT2D eigenvalue weighted by Crippen LogP contribution is 2.43. The van der Waals surface area contributed by atoms with Crippen LogP contribution in [0.15, 0.2) is 0 Å². The van der Waals surface area contributed by atoms with E-state index in [4.69, 9.17) is 9.47 Å². The molecule has 0 spiro atoms. The Morgan fingerprint density at radius 2 is 1.53 bits per heavy atom. The number of hydrogen-bond donors (Lipinski definition) is 1. The van der Waals surface area contributed by atoms with E-state index in [1.165, 1.54) is 57.8 Å². The van der Waals surface area contributed by atoms with Gasteiger partial charge in [-0.3, -0.25) is 4.79 Å². The topological polar surface area (TPSA) is 55.8 Å². The van der Waals surface area contributed by atoms with Gasteiger partial charge in [0.15, 0.2) is 0 Å². The van der Waals surface area contributed by atoms with E-state index in [0.717, 1.165) is 32.1 Å². The molecule has 174 valence electrons. The molecule has 3 fully saturated rings. The average molecular weight is 423 g/mol. The zero-order valence-electron chi connectivity index (χ0n) is 19.7. The summed E-state index contributed by atoms with van der Waals surface area (Å²) >= 11 is 0. The van der Waals surface area contributed by atoms with E-state index in [2.05, 4.69) is 20.8 Å². The molecule has 0 aromatic carbocycles. The van der Waals surface area contributed by atoms with E-state index < -0.39 is 11.9 Å². The Balaban J connectivity index is 1.71. The first-order chi connectivity index (χ1) is 14.4. The SMILES string of the molecule is CC(C)[C@@H]1CC[C@@H](C)C[C@H]1O[C@@H]1OC(=O)C[C@H]1C1(O)CCCCCCCCCCC1. The van der Waals surface area contributed by atoms with Gasteiger partial charge in [0.2, 0.25) is 6.29 Å². The molecule has 0 aromatic rings. The van der Waals surface area contributed by atoms with Crippen molar-refractivity contribution in [2.75, 3.05) is 0 Å². The molecular formula is C26H46O4. The van der Waals surface area contributed by atoms with Crippen molar-refractivity contribution < 1.29 is 19.4 Å². The third-order valence-electron chi connectivity index (χ3n) is 8.14. The third kappa shape index (κ3) is 6.45. The van der Waals surface area contributed by atoms with Gasteiger partial charge in [-0.25, -0.2) is 0 Å². The Morgan fingerprint density at radius 1 is 0.967 bits per heavy atom. The molecule has 2 aliphatic carbocycles. The van der Waals surface area contributed by atoms with Gasteiger partial charge in [0.25, 0.3) is 0 Å². The predicted octanol–water partition coefficient (Wildman–Crippen LogP) is 6.39. The fraction of sp³-hybridized carbons (Fsp3) is 0.962. The normalized spacial score (nSPS) is 36.7. The van der Waals surface area contributed by atoms with Crippen molar-refractivity contribution in [2.24, 2.45) is 23.7 Å². The Kier molecular flexibility index (Phi) is 9.07. The van der Waals surface area contributed by atoms with Gasteiger partial charge in [-0.15, -0.1) is 0 Å². The quantitative estimate of drug-likeness (QED) is 0.533. The molecule has 1 saturated heterocycles. The smallest absolute Gasteiger partial charge is 0.308 e. The fourth-order valence-electron chi connectivity index (χ4n) is 6.14. The summed E-state index contributed by atoms with van der Waals surface area (Å²) in [7, 11) is 0. The zero-order valence-corrected chi connectivity index (χ0v) is 19.7. The maximum atomic E-state index is 12.3. The number of carbonyl (C=O) groups is 1. The molecule has 0 radical (unpaired) electrons. The summed E-state index contributed by atoms with van der Waals surface area (Å²) in [5.41, 5.74) is -0.844. The second-order valence-corrected chi connectivity index (χ2v) is 11.0. The van der Waals surface area contributed by atoms with Crippen molar-refractivity contribution in [1.29, 1.82) is 0 Å². The number of hydrogen-bond acceptors (Lipinski definition) is 4. The summed E-state index contributed by atoms with van der Waals surface area (Å²) in [5.74, 6) is 1.28. The zero-order chi connectivity index (χ0) is 21.6. The molecule has 1 aliphatic heterocycles. The summed E-state index contributed by atoms with van der Waals surface area (Å²) in [5, 5.41) is 11.8. The summed E-state index contributed by atoms with van der Waals surface area (Å²) in [6.45, 7) is 6.84. The highest BCUT2D eigenvalue weighted by molar-refractivity contribution is 5.72. The third-order valence-corrected chi connectivity index (χ3v) is 8.14. The first-order valence-electron chi connectivity index (χ1n) is 13.0. The van der Waals surface area contributed by atoms with E-state index in [9.17, 15) is 9.90 Å². The van der Waals surface area contributed by atoms with Crippen LogP contribution in [0.5, 0.6) is 0 Å². The summed E-state index contributed by atoms with van der Waals surface area (Å²) < 4.78 is 12.3. The van der Waals surface area contributed by atoms with Crippen LogP contribution in [0, 0.1) is 23.7 Å². The van der Waals surface area contributed by atoms with Crippen molar-refractivity contribution in [2.45, 2.75) is 135 Å². The standard InChI is InChI=1S/C26H46O4/c1-19(2)21-14-13-20(3)17-23(21)29-25-22(18-24(27)30-25)26(28)15-11-9-7-5-4-6-8-10-12-16-26/h19-23,25,28H,4-18H2,1-3H3/t20-,21+,22-,23-,25-/m1/s1. The Hall–Kier alpha value is -0.610. The van der Waals surface area contributed by atoms with E-state index in [1.54, 1.807) is 0 Å². The number of cyclic esters (lactones) is 1. The molecule has 0 aromatic heterocycles. The molecule has 0 unspecified atom stereocenters. The van der Waals surface area contributed by atoms with Gasteiger partial charge < -0.3 is 14.6 Å². The maximum absolute atomic E-state index is 12.3. The van der Waals surface area contributed by atoms with E-state index >= 15 is 0 Å². The van der Waals surface area contributed by atoms with Crippen molar-refractivity contribution >= 4 is 5.97 Å². The monoisotopic (exact) mass is 422 g/mol. The lowest BCUT2D eigenvalue weighted by molar-refractivity contribution is -0.216. The lowest BCUT2D eigenvalue weighted by Gasteiger charge is -2.41. The summed E-state index contributed by atoms with van der Waals surface area (Å²) in [6.07, 6.45) is 15.7. The van der Waals surface area contributed by atoms with Gasteiger partial charge in [0.05, 0.1) is 24.0 Å². The molecule has 4 nitrogen and oxygen atoms in total. The van der Waals surface area contributed by atoms with Gasteiger partial charge in [-0.1, -0.05) is 85.0 Å². The van der Waals surface area contributed by atoms with E-state index in [-0.39, 0.29) is 18.0 Å². The number of rotatable bonds is 4. The lowest BCUT2D eigenvalue weighted by atomic mass is 9.75. The Labute approximate surface area is 184 Å². The Morgan fingerprint density at radius 3 is 2.10 bits per heavy atom. The largest absolute Gasteiger partial charge is 0.435 e. The minimum Gasteiger partial charge on any atom is -0.435 e. The molecule has 4 heteroatoms. The van der Waals surface area contributed by atoms with Gasteiger partial charge in [-0.05, 0) is 43.4 Å². The fourth-order valence-corrected chi connectivity index (χ4v) is 6.14. The maximum Gasteiger partial charge on any atom is 0.308 e. The van der Waals surface area contributed by atoms with Crippen LogP contribution >= 0.6 is 0 Å². The highest BCUT2D eigenvalue weighted by atomic mass is 16.7. The molecule has 5 atom stereocenters. The molecule has 3 aliphatic rings. The highest BCUT2D eigenvalue weighted by Gasteiger charge is 2.50. The Bertz CT molecular complexity index is 519. The minimum atomic E-state index is -0.844. The van der Waals surface area contributed by atoms with Crippen LogP contribution in [0.25, 0.3) is 0 Å². The first kappa shape index (κ1) is 24.0. The van der Waals surface area contributed by atoms with Crippen LogP contribution in [-0.2, 0) is 14.3 Å². The van der Waals surface area contributed by atoms with Crippen molar-refractivity contribution in [1.82, 2.24) is 0 Å². The molecule has 30 heavy (non-hydrogen) atoms. The molecule has 3 rings (SSSR count). The molecule has 1 heterocycles. The number of esters is 1. The van der Waals surface area contributed by atoms with Crippen molar-refractivity contribution in [3.63, 3.8) is 0 Å². The van der Waals surface area contributed by atoms with Crippen molar-refractivity contribution in [3.8, 4) is 0 Å². The number of ether oxygens (including phenoxy) is 2. The van der Waals surface area contributed by atoms with Gasteiger partial charge in [0, 0.05) is 0 Å². The van der Waals surface area contributed by atoms with Crippen LogP contribution in [0.2, 0.25) is 0 Å². The molecular weight excluding hydrogens is 376 g/mol. The minimum absolute atomic E-state index is 0.127. The molecule has 0 bridgehead atoms. The van der Waals surface area contributed by atoms with Gasteiger partial charge >= 0.3 is 5.97 Å². The van der Waals surface area contributed by atoms with Gasteiger partial charge in [0.1, 0.15) is 0 Å². The van der Waals surface area contributed by atoms with Gasteiger partial charge in [-0.2, -0.15) is 0 Å². The average Bonchev–Trinajstić information content (AvgIpc) is 3.05. The summed E-state index contributed by atoms with van der Waals surface area (Å²) in [6, 6.07) is 0. The van der Waals surface area contributed by atoms with Crippen molar-refractivity contribution in [3.05, 3.63) is 0 Å². The van der Waals surface area contributed by atoms with Crippen LogP contribution in [0.1, 0.15) is 117 Å². The van der Waals surface area contributed by atoms with Crippen LogP contribution in [-0.4, -0.2) is 29.1 Å². The molecule has 0 amide bonds. The van der Waals surface area contributed by atoms with E-state index in [0.29, 0.717) is 24.2 Å². The lowest BCUT2D eigenvalue weighted by Crippen LogP contribution is -2.46. The first-order valence-corrected chi connectivity index (χ1v) is 13.0. The second-order valence-electron chi connectivity index (χ2n) is 11.0. The molecule has 1 N–H and O–H groups in total. The van der Waals surface area contributed by atoms with Crippen LogP contribution < -0.4 is 0 Å². The number of carbonyl (C=O) groups excluding carboxylic acids is 1. The predicted molar refractivity (Wildman–Crippen MR) is 120 cm³/mol. The second kappa shape index (κ2) is 11.3. The summed E-state index contributed by atoms with van der Waals surface area (Å²) in [4.78, 5) is 12.3.